The van der Waals surface area contributed by atoms with Gasteiger partial charge >= 0.3 is 7.12 Å². The number of fused-ring (bicyclic) bond motifs is 4. The Kier molecular flexibility index (Phi) is 9.49. The van der Waals surface area contributed by atoms with Crippen molar-refractivity contribution in [2.45, 2.75) is 69.8 Å². The fourth-order valence-corrected chi connectivity index (χ4v) is 9.04. The minimum atomic E-state index is -1.06. The number of benzene rings is 3. The number of imide groups is 1. The molecule has 8 nitrogen and oxygen atoms in total. The average Bonchev–Trinajstić information content (AvgIpc) is 3.42. The Bertz CT molecular complexity index is 1980. The van der Waals surface area contributed by atoms with Crippen LogP contribution in [0.1, 0.15) is 62.6 Å². The van der Waals surface area contributed by atoms with Crippen molar-refractivity contribution in [2.24, 2.45) is 17.8 Å². The van der Waals surface area contributed by atoms with E-state index in [4.69, 9.17) is 14.4 Å². The van der Waals surface area contributed by atoms with Gasteiger partial charge in [-0.2, -0.15) is 0 Å². The van der Waals surface area contributed by atoms with Gasteiger partial charge in [0.05, 0.1) is 23.6 Å². The van der Waals surface area contributed by atoms with Crippen LogP contribution in [-0.2, 0) is 14.2 Å². The van der Waals surface area contributed by atoms with Crippen LogP contribution in [0.3, 0.4) is 0 Å². The van der Waals surface area contributed by atoms with Gasteiger partial charge in [0, 0.05) is 17.6 Å². The summed E-state index contributed by atoms with van der Waals surface area (Å²) in [4.78, 5) is 34.7. The van der Waals surface area contributed by atoms with Gasteiger partial charge in [-0.3, -0.25) is 19.5 Å². The molecule has 3 heterocycles. The zero-order valence-electron chi connectivity index (χ0n) is 28.7. The Morgan fingerprint density at radius 3 is 2.45 bits per heavy atom. The molecule has 1 aromatic heterocycles. The number of allylic oxidation sites excluding steroid dienone is 1. The van der Waals surface area contributed by atoms with Gasteiger partial charge < -0.3 is 19.5 Å². The lowest BCUT2D eigenvalue weighted by Crippen LogP contribution is -2.47. The number of phenolic OH excluding ortho intramolecular Hbond substituents is 1. The second kappa shape index (κ2) is 14.5. The van der Waals surface area contributed by atoms with Crippen LogP contribution in [-0.4, -0.2) is 57.7 Å². The fourth-order valence-electron chi connectivity index (χ4n) is 9.04. The van der Waals surface area contributed by atoms with E-state index in [1.807, 2.05) is 78.9 Å². The number of carbonyl (C=O) groups excluding carboxylic acids is 2. The van der Waals surface area contributed by atoms with E-state index in [1.54, 1.807) is 17.2 Å². The minimum Gasteiger partial charge on any atom is -0.507 e. The Labute approximate surface area is 298 Å². The maximum atomic E-state index is 14.3. The molecule has 2 N–H and O–H groups in total. The Morgan fingerprint density at radius 2 is 1.67 bits per heavy atom. The number of hydrogen-bond acceptors (Lipinski definition) is 7. The third-order valence-electron chi connectivity index (χ3n) is 11.4. The van der Waals surface area contributed by atoms with Gasteiger partial charge in [-0.1, -0.05) is 73.9 Å². The van der Waals surface area contributed by atoms with E-state index in [1.165, 1.54) is 0 Å². The van der Waals surface area contributed by atoms with Crippen LogP contribution in [0.2, 0.25) is 6.32 Å². The summed E-state index contributed by atoms with van der Waals surface area (Å²) in [5.74, 6) is -0.467. The normalized spacial score (nSPS) is 24.2. The third-order valence-corrected chi connectivity index (χ3v) is 11.4. The van der Waals surface area contributed by atoms with Crippen molar-refractivity contribution in [3.63, 3.8) is 0 Å². The zero-order valence-corrected chi connectivity index (χ0v) is 28.7. The summed E-state index contributed by atoms with van der Waals surface area (Å²) >= 11 is 0. The van der Waals surface area contributed by atoms with E-state index in [-0.39, 0.29) is 42.5 Å². The summed E-state index contributed by atoms with van der Waals surface area (Å²) in [6.07, 6.45) is 10.1. The number of hydrogen-bond donors (Lipinski definition) is 2. The standard InChI is InChI=1S/C42H43BN2O6/c46-37-20-18-27(32-15-7-8-16-33(32)37)23-28(36-17-9-10-22-44-36)19-21-38-39-29(26-50-31-13-5-2-6-14-31)24-34-40(35(39)25-43(49)51-38)42(48)45(41(34)47)30-11-3-1-4-12-30/h2,5-10,13-18,20,22-23,30,34-35,38,40,46,49H,1,3-4,11-12,19,21,24-26H2/b28-23-/t34-,35+,38-,40-/m1/s1. The van der Waals surface area contributed by atoms with Gasteiger partial charge in [-0.25, -0.2) is 0 Å². The van der Waals surface area contributed by atoms with Crippen LogP contribution in [0, 0.1) is 17.8 Å². The molecule has 0 radical (unpaired) electrons. The summed E-state index contributed by atoms with van der Waals surface area (Å²) in [6.45, 7) is 0.280. The number of para-hydroxylation sites is 1. The lowest BCUT2D eigenvalue weighted by Gasteiger charge is -2.43. The van der Waals surface area contributed by atoms with Crippen LogP contribution >= 0.6 is 0 Å². The van der Waals surface area contributed by atoms with Gasteiger partial charge in [0.15, 0.2) is 0 Å². The predicted octanol–water partition coefficient (Wildman–Crippen LogP) is 7.47. The second-order valence-electron chi connectivity index (χ2n) is 14.4. The summed E-state index contributed by atoms with van der Waals surface area (Å²) in [7, 11) is -1.06. The molecule has 1 saturated carbocycles. The van der Waals surface area contributed by atoms with E-state index in [0.717, 1.165) is 76.6 Å². The number of rotatable bonds is 9. The molecular formula is C42H43BN2O6. The van der Waals surface area contributed by atoms with Crippen molar-refractivity contribution in [1.82, 2.24) is 9.88 Å². The molecule has 2 aliphatic heterocycles. The van der Waals surface area contributed by atoms with Gasteiger partial charge in [-0.05, 0) is 108 Å². The Balaban J connectivity index is 1.15. The monoisotopic (exact) mass is 682 g/mol. The Morgan fingerprint density at radius 1 is 0.902 bits per heavy atom. The quantitative estimate of drug-likeness (QED) is 0.107. The number of phenols is 1. The maximum absolute atomic E-state index is 14.3. The molecule has 2 amide bonds. The summed E-state index contributed by atoms with van der Waals surface area (Å²) < 4.78 is 12.7. The molecule has 0 unspecified atom stereocenters. The number of pyridine rings is 1. The van der Waals surface area contributed by atoms with Crippen molar-refractivity contribution in [3.8, 4) is 11.5 Å². The topological polar surface area (TPSA) is 109 Å². The third kappa shape index (κ3) is 6.61. The first-order valence-corrected chi connectivity index (χ1v) is 18.4. The number of amides is 2. The molecule has 3 fully saturated rings. The van der Waals surface area contributed by atoms with Crippen molar-refractivity contribution in [1.29, 1.82) is 0 Å². The summed E-state index contributed by atoms with van der Waals surface area (Å²) in [6, 6.07) is 26.9. The molecule has 2 saturated heterocycles. The molecule has 2 aliphatic carbocycles. The SMILES string of the molecule is O=C1[C@@H]2[C@@H](CC(COc3ccccc3)=C3[C@@H](CC/C(=C/c4ccc(O)c5ccccc45)c4ccccn4)OB(O)C[C@@H]32)C(=O)N1C1CCCCC1. The average molecular weight is 683 g/mol. The van der Waals surface area contributed by atoms with E-state index < -0.39 is 25.1 Å². The minimum absolute atomic E-state index is 0.0422. The van der Waals surface area contributed by atoms with E-state index >= 15 is 0 Å². The first kappa shape index (κ1) is 33.4. The van der Waals surface area contributed by atoms with E-state index in [9.17, 15) is 19.7 Å². The second-order valence-corrected chi connectivity index (χ2v) is 14.4. The molecule has 3 aromatic carbocycles. The van der Waals surface area contributed by atoms with Crippen LogP contribution in [0.15, 0.2) is 102 Å². The molecular weight excluding hydrogens is 639 g/mol. The molecule has 0 bridgehead atoms. The smallest absolute Gasteiger partial charge is 0.455 e. The van der Waals surface area contributed by atoms with E-state index in [0.29, 0.717) is 19.3 Å². The van der Waals surface area contributed by atoms with Crippen molar-refractivity contribution < 1.29 is 29.1 Å². The molecule has 9 heteroatoms. The number of aromatic nitrogens is 1. The van der Waals surface area contributed by atoms with Gasteiger partial charge in [-0.15, -0.1) is 0 Å². The summed E-state index contributed by atoms with van der Waals surface area (Å²) in [5, 5.41) is 23.5. The molecule has 51 heavy (non-hydrogen) atoms. The first-order chi connectivity index (χ1) is 25.0. The molecule has 8 rings (SSSR count). The molecule has 4 aliphatic rings. The maximum Gasteiger partial charge on any atom is 0.455 e. The summed E-state index contributed by atoms with van der Waals surface area (Å²) in [5.41, 5.74) is 4.76. The number of carbonyl (C=O) groups is 2. The highest BCUT2D eigenvalue weighted by Gasteiger charge is 2.58. The van der Waals surface area contributed by atoms with Crippen LogP contribution < -0.4 is 4.74 Å². The number of ether oxygens (including phenoxy) is 1. The number of aromatic hydroxyl groups is 1. The molecule has 260 valence electrons. The Hall–Kier alpha value is -4.73. The van der Waals surface area contributed by atoms with E-state index in [2.05, 4.69) is 6.08 Å². The zero-order chi connectivity index (χ0) is 34.9. The predicted molar refractivity (Wildman–Crippen MR) is 197 cm³/mol. The highest BCUT2D eigenvalue weighted by Crippen LogP contribution is 2.52. The van der Waals surface area contributed by atoms with Gasteiger partial charge in [0.1, 0.15) is 18.1 Å². The molecule has 4 aromatic rings. The molecule has 4 atom stereocenters. The first-order valence-electron chi connectivity index (χ1n) is 18.4. The highest BCUT2D eigenvalue weighted by atomic mass is 16.5. The fraction of sp³-hybridized carbons (Fsp3) is 0.357. The van der Waals surface area contributed by atoms with Gasteiger partial charge in [0.2, 0.25) is 11.8 Å². The van der Waals surface area contributed by atoms with Crippen LogP contribution in [0.4, 0.5) is 0 Å². The molecule has 0 spiro atoms. The van der Waals surface area contributed by atoms with Crippen molar-refractivity contribution >= 4 is 41.4 Å². The van der Waals surface area contributed by atoms with Crippen molar-refractivity contribution in [3.05, 3.63) is 114 Å². The largest absolute Gasteiger partial charge is 0.507 e. The van der Waals surface area contributed by atoms with Crippen molar-refractivity contribution in [2.75, 3.05) is 6.61 Å². The number of nitrogens with zero attached hydrogens (tertiary/aromatic N) is 2. The lowest BCUT2D eigenvalue weighted by molar-refractivity contribution is -0.143. The number of likely N-dealkylation sites (tertiary alicyclic amines) is 1. The van der Waals surface area contributed by atoms with Crippen LogP contribution in [0.5, 0.6) is 11.5 Å². The lowest BCUT2D eigenvalue weighted by atomic mass is 9.58. The highest BCUT2D eigenvalue weighted by molar-refractivity contribution is 6.43. The van der Waals surface area contributed by atoms with Crippen LogP contribution in [0.25, 0.3) is 22.4 Å². The van der Waals surface area contributed by atoms with Gasteiger partial charge in [0.25, 0.3) is 0 Å².